The van der Waals surface area contributed by atoms with Gasteiger partial charge in [-0.1, -0.05) is 42.5 Å². The van der Waals surface area contributed by atoms with Gasteiger partial charge in [-0.2, -0.15) is 0 Å². The molecule has 0 heterocycles. The van der Waals surface area contributed by atoms with Gasteiger partial charge in [0.15, 0.2) is 0 Å². The number of carboxylic acid groups (broad SMARTS) is 1. The Kier molecular flexibility index (Phi) is 6.68. The second-order valence-corrected chi connectivity index (χ2v) is 6.57. The minimum atomic E-state index is -0.997. The van der Waals surface area contributed by atoms with Crippen molar-refractivity contribution in [2.75, 3.05) is 7.11 Å². The highest BCUT2D eigenvalue weighted by atomic mass is 16.5. The van der Waals surface area contributed by atoms with E-state index in [1.165, 1.54) is 0 Å². The Bertz CT molecular complexity index is 1010. The van der Waals surface area contributed by atoms with Gasteiger partial charge in [0.05, 0.1) is 13.5 Å². The van der Waals surface area contributed by atoms with E-state index in [4.69, 9.17) is 14.6 Å². The van der Waals surface area contributed by atoms with E-state index in [0.717, 1.165) is 21.9 Å². The maximum absolute atomic E-state index is 11.8. The average molecular weight is 393 g/mol. The number of fused-ring (bicyclic) bond motifs is 1. The number of carbonyl (C=O) groups is 2. The predicted octanol–water partition coefficient (Wildman–Crippen LogP) is 3.91. The molecule has 3 rings (SSSR count). The third kappa shape index (κ3) is 5.48. The van der Waals surface area contributed by atoms with Gasteiger partial charge in [-0.15, -0.1) is 0 Å². The zero-order valence-electron chi connectivity index (χ0n) is 16.2. The number of aliphatic carboxylic acids is 1. The minimum absolute atomic E-state index is 0.0579. The van der Waals surface area contributed by atoms with Crippen LogP contribution in [0.5, 0.6) is 11.5 Å². The van der Waals surface area contributed by atoms with Crippen LogP contribution in [0, 0.1) is 0 Å². The van der Waals surface area contributed by atoms with Crippen molar-refractivity contribution in [3.8, 4) is 11.5 Å². The standard InChI is InChI=1S/C23H23NO5/c1-28-19-10-9-17(14-24-22(25)11-12-23(26)27)21(13-19)29-15-18-7-4-6-16-5-2-3-8-20(16)18/h2-10,13H,11-12,14-15H2,1H3,(H,24,25)(H,26,27). The summed E-state index contributed by atoms with van der Waals surface area (Å²) in [5.74, 6) is -0.0541. The molecule has 3 aromatic rings. The van der Waals surface area contributed by atoms with Crippen LogP contribution in [0.2, 0.25) is 0 Å². The summed E-state index contributed by atoms with van der Waals surface area (Å²) in [6.45, 7) is 0.613. The predicted molar refractivity (Wildman–Crippen MR) is 110 cm³/mol. The van der Waals surface area contributed by atoms with E-state index in [1.54, 1.807) is 19.2 Å². The Morgan fingerprint density at radius 3 is 2.55 bits per heavy atom. The van der Waals surface area contributed by atoms with Crippen LogP contribution in [0.1, 0.15) is 24.0 Å². The van der Waals surface area contributed by atoms with Crippen molar-refractivity contribution < 1.29 is 24.2 Å². The molecule has 0 aliphatic carbocycles. The Morgan fingerprint density at radius 1 is 0.966 bits per heavy atom. The van der Waals surface area contributed by atoms with E-state index in [1.807, 2.05) is 30.3 Å². The first-order chi connectivity index (χ1) is 14.1. The fourth-order valence-electron chi connectivity index (χ4n) is 3.02. The molecule has 29 heavy (non-hydrogen) atoms. The number of amides is 1. The number of ether oxygens (including phenoxy) is 2. The number of carboxylic acids is 1. The lowest BCUT2D eigenvalue weighted by Gasteiger charge is -2.15. The van der Waals surface area contributed by atoms with Crippen LogP contribution in [0.4, 0.5) is 0 Å². The minimum Gasteiger partial charge on any atom is -0.497 e. The second-order valence-electron chi connectivity index (χ2n) is 6.57. The quantitative estimate of drug-likeness (QED) is 0.576. The summed E-state index contributed by atoms with van der Waals surface area (Å²) in [5.41, 5.74) is 1.84. The van der Waals surface area contributed by atoms with E-state index in [2.05, 4.69) is 23.5 Å². The SMILES string of the molecule is COc1ccc(CNC(=O)CCC(=O)O)c(OCc2cccc3ccccc23)c1. The zero-order valence-corrected chi connectivity index (χ0v) is 16.2. The number of carbonyl (C=O) groups excluding carboxylic acids is 1. The molecule has 0 saturated carbocycles. The van der Waals surface area contributed by atoms with Gasteiger partial charge in [0.25, 0.3) is 0 Å². The molecule has 0 aromatic heterocycles. The number of methoxy groups -OCH3 is 1. The molecule has 6 nitrogen and oxygen atoms in total. The van der Waals surface area contributed by atoms with Crippen molar-refractivity contribution in [2.24, 2.45) is 0 Å². The first-order valence-electron chi connectivity index (χ1n) is 9.31. The Labute approximate surface area is 169 Å². The van der Waals surface area contributed by atoms with Crippen LogP contribution in [0.3, 0.4) is 0 Å². The molecule has 0 aliphatic rings. The number of benzene rings is 3. The molecule has 0 spiro atoms. The molecule has 6 heteroatoms. The summed E-state index contributed by atoms with van der Waals surface area (Å²) in [4.78, 5) is 22.4. The maximum Gasteiger partial charge on any atom is 0.303 e. The summed E-state index contributed by atoms with van der Waals surface area (Å²) in [7, 11) is 1.58. The van der Waals surface area contributed by atoms with Gasteiger partial charge < -0.3 is 19.9 Å². The third-order valence-corrected chi connectivity index (χ3v) is 4.58. The molecule has 0 fully saturated rings. The highest BCUT2D eigenvalue weighted by molar-refractivity contribution is 5.85. The molecule has 0 bridgehead atoms. The lowest BCUT2D eigenvalue weighted by molar-refractivity contribution is -0.138. The Hall–Kier alpha value is -3.54. The molecule has 150 valence electrons. The van der Waals surface area contributed by atoms with Crippen molar-refractivity contribution in [1.29, 1.82) is 0 Å². The van der Waals surface area contributed by atoms with Crippen LogP contribution in [0.25, 0.3) is 10.8 Å². The van der Waals surface area contributed by atoms with E-state index in [-0.39, 0.29) is 25.3 Å². The van der Waals surface area contributed by atoms with Crippen molar-refractivity contribution in [2.45, 2.75) is 26.0 Å². The maximum atomic E-state index is 11.8. The highest BCUT2D eigenvalue weighted by Gasteiger charge is 2.10. The van der Waals surface area contributed by atoms with E-state index in [0.29, 0.717) is 18.1 Å². The van der Waals surface area contributed by atoms with Crippen molar-refractivity contribution in [3.05, 3.63) is 71.8 Å². The zero-order chi connectivity index (χ0) is 20.6. The van der Waals surface area contributed by atoms with Crippen LogP contribution in [0.15, 0.2) is 60.7 Å². The molecule has 1 amide bonds. The third-order valence-electron chi connectivity index (χ3n) is 4.58. The topological polar surface area (TPSA) is 84.9 Å². The van der Waals surface area contributed by atoms with Crippen molar-refractivity contribution >= 4 is 22.6 Å². The molecule has 0 radical (unpaired) electrons. The first kappa shape index (κ1) is 20.2. The van der Waals surface area contributed by atoms with Gasteiger partial charge in [0.1, 0.15) is 18.1 Å². The van der Waals surface area contributed by atoms with Crippen LogP contribution in [-0.4, -0.2) is 24.1 Å². The highest BCUT2D eigenvalue weighted by Crippen LogP contribution is 2.27. The lowest BCUT2D eigenvalue weighted by Crippen LogP contribution is -2.23. The largest absolute Gasteiger partial charge is 0.497 e. The van der Waals surface area contributed by atoms with Crippen LogP contribution >= 0.6 is 0 Å². The van der Waals surface area contributed by atoms with Gasteiger partial charge in [0.2, 0.25) is 5.91 Å². The molecule has 3 aromatic carbocycles. The van der Waals surface area contributed by atoms with Gasteiger partial charge >= 0.3 is 5.97 Å². The fraction of sp³-hybridized carbons (Fsp3) is 0.217. The van der Waals surface area contributed by atoms with Gasteiger partial charge in [-0.3, -0.25) is 9.59 Å². The molecule has 2 N–H and O–H groups in total. The Morgan fingerprint density at radius 2 is 1.76 bits per heavy atom. The van der Waals surface area contributed by atoms with E-state index >= 15 is 0 Å². The molecular formula is C23H23NO5. The smallest absolute Gasteiger partial charge is 0.303 e. The Balaban J connectivity index is 1.73. The molecule has 0 unspecified atom stereocenters. The number of rotatable bonds is 9. The summed E-state index contributed by atoms with van der Waals surface area (Å²) in [6.07, 6.45) is -0.253. The fourth-order valence-corrected chi connectivity index (χ4v) is 3.02. The number of nitrogens with one attached hydrogen (secondary N) is 1. The van der Waals surface area contributed by atoms with E-state index in [9.17, 15) is 9.59 Å². The molecule has 0 atom stereocenters. The first-order valence-corrected chi connectivity index (χ1v) is 9.31. The lowest BCUT2D eigenvalue weighted by atomic mass is 10.1. The van der Waals surface area contributed by atoms with Crippen LogP contribution in [-0.2, 0) is 22.7 Å². The van der Waals surface area contributed by atoms with Crippen LogP contribution < -0.4 is 14.8 Å². The number of hydrogen-bond acceptors (Lipinski definition) is 4. The monoisotopic (exact) mass is 393 g/mol. The molecular weight excluding hydrogens is 370 g/mol. The summed E-state index contributed by atoms with van der Waals surface area (Å²) in [5, 5.41) is 13.7. The molecule has 0 saturated heterocycles. The normalized spacial score (nSPS) is 10.5. The number of hydrogen-bond donors (Lipinski definition) is 2. The van der Waals surface area contributed by atoms with Crippen molar-refractivity contribution in [3.63, 3.8) is 0 Å². The average Bonchev–Trinajstić information content (AvgIpc) is 2.74. The van der Waals surface area contributed by atoms with E-state index < -0.39 is 5.97 Å². The molecule has 0 aliphatic heterocycles. The summed E-state index contributed by atoms with van der Waals surface area (Å²) < 4.78 is 11.4. The van der Waals surface area contributed by atoms with Gasteiger partial charge in [-0.05, 0) is 28.5 Å². The second kappa shape index (κ2) is 9.59. The van der Waals surface area contributed by atoms with Gasteiger partial charge in [0, 0.05) is 24.6 Å². The van der Waals surface area contributed by atoms with Crippen molar-refractivity contribution in [1.82, 2.24) is 5.32 Å². The summed E-state index contributed by atoms with van der Waals surface area (Å²) in [6, 6.07) is 19.6. The summed E-state index contributed by atoms with van der Waals surface area (Å²) >= 11 is 0. The van der Waals surface area contributed by atoms with Gasteiger partial charge in [-0.25, -0.2) is 0 Å².